The number of aromatic nitrogens is 2. The highest BCUT2D eigenvalue weighted by atomic mass is 127. The lowest BCUT2D eigenvalue weighted by Gasteiger charge is -2.09. The summed E-state index contributed by atoms with van der Waals surface area (Å²) in [6, 6.07) is 0. The number of ether oxygens (including phenoxy) is 2. The van der Waals surface area contributed by atoms with Crippen LogP contribution in [-0.4, -0.2) is 29.8 Å². The highest BCUT2D eigenvalue weighted by Crippen LogP contribution is 2.18. The molecule has 1 aromatic heterocycles. The van der Waals surface area contributed by atoms with Crippen molar-refractivity contribution < 1.29 is 9.47 Å². The van der Waals surface area contributed by atoms with E-state index in [0.717, 1.165) is 23.2 Å². The van der Waals surface area contributed by atoms with Crippen LogP contribution in [0.15, 0.2) is 12.5 Å². The highest BCUT2D eigenvalue weighted by molar-refractivity contribution is 14.1. The Morgan fingerprint density at radius 2 is 2.57 bits per heavy atom. The standard InChI is InChI=1S/C9H11IN2O2/c10-8-3-11-6-12-9(8)14-5-7-1-2-13-4-7/h3,6-7H,1-2,4-5H2. The summed E-state index contributed by atoms with van der Waals surface area (Å²) >= 11 is 2.17. The molecule has 1 saturated heterocycles. The molecule has 0 aliphatic carbocycles. The van der Waals surface area contributed by atoms with Crippen molar-refractivity contribution in [3.63, 3.8) is 0 Å². The van der Waals surface area contributed by atoms with E-state index in [1.54, 1.807) is 6.20 Å². The first-order chi connectivity index (χ1) is 6.86. The van der Waals surface area contributed by atoms with Crippen LogP contribution in [0.2, 0.25) is 0 Å². The predicted octanol–water partition coefficient (Wildman–Crippen LogP) is 1.50. The molecule has 0 saturated carbocycles. The summed E-state index contributed by atoms with van der Waals surface area (Å²) < 4.78 is 11.8. The zero-order valence-corrected chi connectivity index (χ0v) is 9.81. The Bertz CT molecular complexity index is 303. The number of nitrogens with zero attached hydrogens (tertiary/aromatic N) is 2. The van der Waals surface area contributed by atoms with Gasteiger partial charge in [0.1, 0.15) is 6.33 Å². The molecule has 4 nitrogen and oxygen atoms in total. The summed E-state index contributed by atoms with van der Waals surface area (Å²) in [5, 5.41) is 0. The van der Waals surface area contributed by atoms with Crippen LogP contribution < -0.4 is 4.74 Å². The second-order valence-corrected chi connectivity index (χ2v) is 4.38. The first-order valence-electron chi connectivity index (χ1n) is 4.52. The fraction of sp³-hybridized carbons (Fsp3) is 0.556. The van der Waals surface area contributed by atoms with Crippen LogP contribution >= 0.6 is 22.6 Å². The molecule has 1 fully saturated rings. The van der Waals surface area contributed by atoms with Crippen LogP contribution in [0.1, 0.15) is 6.42 Å². The molecule has 1 atom stereocenters. The van der Waals surface area contributed by atoms with Crippen molar-refractivity contribution in [3.8, 4) is 5.88 Å². The Labute approximate surface area is 96.2 Å². The van der Waals surface area contributed by atoms with Gasteiger partial charge in [0.15, 0.2) is 0 Å². The van der Waals surface area contributed by atoms with Gasteiger partial charge in [-0.2, -0.15) is 0 Å². The van der Waals surface area contributed by atoms with Crippen molar-refractivity contribution >= 4 is 22.6 Å². The van der Waals surface area contributed by atoms with Crippen LogP contribution in [0, 0.1) is 9.49 Å². The van der Waals surface area contributed by atoms with Gasteiger partial charge in [-0.3, -0.25) is 0 Å². The second-order valence-electron chi connectivity index (χ2n) is 3.22. The molecular formula is C9H11IN2O2. The Morgan fingerprint density at radius 1 is 1.64 bits per heavy atom. The molecule has 5 heteroatoms. The lowest BCUT2D eigenvalue weighted by molar-refractivity contribution is 0.165. The van der Waals surface area contributed by atoms with Gasteiger partial charge in [0.05, 0.1) is 16.8 Å². The molecule has 1 aliphatic rings. The Kier molecular flexibility index (Phi) is 3.52. The third-order valence-electron chi connectivity index (χ3n) is 2.11. The van der Waals surface area contributed by atoms with E-state index in [2.05, 4.69) is 32.6 Å². The molecular weight excluding hydrogens is 295 g/mol. The van der Waals surface area contributed by atoms with E-state index in [1.807, 2.05) is 0 Å². The molecule has 2 heterocycles. The predicted molar refractivity (Wildman–Crippen MR) is 59.2 cm³/mol. The maximum Gasteiger partial charge on any atom is 0.230 e. The Morgan fingerprint density at radius 3 is 3.29 bits per heavy atom. The fourth-order valence-electron chi connectivity index (χ4n) is 1.32. The third-order valence-corrected chi connectivity index (χ3v) is 2.85. The maximum absolute atomic E-state index is 5.58. The Hall–Kier alpha value is -0.430. The van der Waals surface area contributed by atoms with Crippen LogP contribution in [0.3, 0.4) is 0 Å². The van der Waals surface area contributed by atoms with Gasteiger partial charge in [-0.1, -0.05) is 0 Å². The highest BCUT2D eigenvalue weighted by Gasteiger charge is 2.16. The first-order valence-corrected chi connectivity index (χ1v) is 5.60. The minimum absolute atomic E-state index is 0.515. The molecule has 14 heavy (non-hydrogen) atoms. The Balaban J connectivity index is 1.88. The minimum atomic E-state index is 0.515. The van der Waals surface area contributed by atoms with Crippen LogP contribution in [0.5, 0.6) is 5.88 Å². The summed E-state index contributed by atoms with van der Waals surface area (Å²) in [7, 11) is 0. The van der Waals surface area contributed by atoms with Gasteiger partial charge in [-0.05, 0) is 29.0 Å². The minimum Gasteiger partial charge on any atom is -0.476 e. The maximum atomic E-state index is 5.58. The monoisotopic (exact) mass is 306 g/mol. The average Bonchev–Trinajstić information content (AvgIpc) is 2.69. The van der Waals surface area contributed by atoms with Crippen LogP contribution in [-0.2, 0) is 4.74 Å². The van der Waals surface area contributed by atoms with E-state index in [-0.39, 0.29) is 0 Å². The molecule has 0 amide bonds. The van der Waals surface area contributed by atoms with Crippen LogP contribution in [0.25, 0.3) is 0 Å². The smallest absolute Gasteiger partial charge is 0.230 e. The zero-order valence-electron chi connectivity index (χ0n) is 7.65. The molecule has 2 rings (SSSR count). The summed E-state index contributed by atoms with van der Waals surface area (Å²) in [5.74, 6) is 1.19. The molecule has 1 aliphatic heterocycles. The number of rotatable bonds is 3. The normalized spacial score (nSPS) is 21.1. The molecule has 0 aromatic carbocycles. The van der Waals surface area contributed by atoms with Gasteiger partial charge in [0, 0.05) is 18.7 Å². The summed E-state index contributed by atoms with van der Waals surface area (Å²) in [4.78, 5) is 7.96. The second kappa shape index (κ2) is 4.88. The molecule has 76 valence electrons. The quantitative estimate of drug-likeness (QED) is 0.794. The first kappa shape index (κ1) is 10.1. The van der Waals surface area contributed by atoms with E-state index in [0.29, 0.717) is 18.4 Å². The lowest BCUT2D eigenvalue weighted by atomic mass is 10.1. The van der Waals surface area contributed by atoms with Crippen molar-refractivity contribution in [2.45, 2.75) is 6.42 Å². The molecule has 0 bridgehead atoms. The van der Waals surface area contributed by atoms with Crippen molar-refractivity contribution in [1.29, 1.82) is 0 Å². The van der Waals surface area contributed by atoms with Gasteiger partial charge in [-0.15, -0.1) is 0 Å². The molecule has 1 unspecified atom stereocenters. The average molecular weight is 306 g/mol. The largest absolute Gasteiger partial charge is 0.476 e. The summed E-state index contributed by atoms with van der Waals surface area (Å²) in [6.07, 6.45) is 4.33. The van der Waals surface area contributed by atoms with E-state index >= 15 is 0 Å². The molecule has 0 radical (unpaired) electrons. The SMILES string of the molecule is Ic1cncnc1OCC1CCOC1. The van der Waals surface area contributed by atoms with Gasteiger partial charge >= 0.3 is 0 Å². The number of hydrogen-bond acceptors (Lipinski definition) is 4. The van der Waals surface area contributed by atoms with Gasteiger partial charge in [0.25, 0.3) is 0 Å². The van der Waals surface area contributed by atoms with Crippen molar-refractivity contribution in [1.82, 2.24) is 9.97 Å². The van der Waals surface area contributed by atoms with Crippen LogP contribution in [0.4, 0.5) is 0 Å². The topological polar surface area (TPSA) is 44.2 Å². The number of halogens is 1. The zero-order chi connectivity index (χ0) is 9.80. The van der Waals surface area contributed by atoms with Gasteiger partial charge < -0.3 is 9.47 Å². The van der Waals surface area contributed by atoms with E-state index in [9.17, 15) is 0 Å². The lowest BCUT2D eigenvalue weighted by Crippen LogP contribution is -2.12. The van der Waals surface area contributed by atoms with Crippen molar-refractivity contribution in [2.75, 3.05) is 19.8 Å². The van der Waals surface area contributed by atoms with E-state index in [1.165, 1.54) is 6.33 Å². The molecule has 0 N–H and O–H groups in total. The molecule has 1 aromatic rings. The van der Waals surface area contributed by atoms with Gasteiger partial charge in [0.2, 0.25) is 5.88 Å². The number of hydrogen-bond donors (Lipinski definition) is 0. The summed E-state index contributed by atoms with van der Waals surface area (Å²) in [5.41, 5.74) is 0. The van der Waals surface area contributed by atoms with E-state index in [4.69, 9.17) is 9.47 Å². The summed E-state index contributed by atoms with van der Waals surface area (Å²) in [6.45, 7) is 2.35. The van der Waals surface area contributed by atoms with Crippen molar-refractivity contribution in [3.05, 3.63) is 16.1 Å². The fourth-order valence-corrected chi connectivity index (χ4v) is 1.77. The molecule has 0 spiro atoms. The third kappa shape index (κ3) is 2.54. The van der Waals surface area contributed by atoms with Gasteiger partial charge in [-0.25, -0.2) is 9.97 Å². The van der Waals surface area contributed by atoms with E-state index < -0.39 is 0 Å². The van der Waals surface area contributed by atoms with Crippen molar-refractivity contribution in [2.24, 2.45) is 5.92 Å².